The highest BCUT2D eigenvalue weighted by Gasteiger charge is 2.06. The minimum Gasteiger partial charge on any atom is -0.324 e. The molecule has 2 aromatic rings. The Morgan fingerprint density at radius 1 is 1.14 bits per heavy atom. The Bertz CT molecular complexity index is 603. The third-order valence-corrected chi connectivity index (χ3v) is 4.13. The molecule has 1 amide bonds. The number of halogens is 2. The lowest BCUT2D eigenvalue weighted by Gasteiger charge is -2.06. The van der Waals surface area contributed by atoms with E-state index < -0.39 is 5.82 Å². The zero-order chi connectivity index (χ0) is 15.1. The van der Waals surface area contributed by atoms with E-state index in [1.165, 1.54) is 6.07 Å². The Kier molecular flexibility index (Phi) is 6.08. The summed E-state index contributed by atoms with van der Waals surface area (Å²) >= 11 is 7.48. The highest BCUT2D eigenvalue weighted by Crippen LogP contribution is 2.21. The van der Waals surface area contributed by atoms with Gasteiger partial charge in [0.1, 0.15) is 5.82 Å². The molecule has 0 aliphatic rings. The number of anilines is 1. The molecule has 2 nitrogen and oxygen atoms in total. The maximum absolute atomic E-state index is 13.4. The van der Waals surface area contributed by atoms with Gasteiger partial charge in [0.2, 0.25) is 5.91 Å². The molecule has 110 valence electrons. The Labute approximate surface area is 132 Å². The predicted molar refractivity (Wildman–Crippen MR) is 86.4 cm³/mol. The van der Waals surface area contributed by atoms with Crippen molar-refractivity contribution in [1.29, 1.82) is 0 Å². The van der Waals surface area contributed by atoms with Crippen LogP contribution in [0.4, 0.5) is 10.1 Å². The number of thioether (sulfide) groups is 1. The van der Waals surface area contributed by atoms with Gasteiger partial charge in [-0.25, -0.2) is 4.39 Å². The fourth-order valence-corrected chi connectivity index (χ4v) is 2.71. The van der Waals surface area contributed by atoms with Crippen LogP contribution in [0.3, 0.4) is 0 Å². The molecule has 0 unspecified atom stereocenters. The number of carbonyl (C=O) groups is 1. The molecule has 0 aliphatic carbocycles. The molecular weight excluding hydrogens is 309 g/mol. The van der Waals surface area contributed by atoms with Crippen molar-refractivity contribution < 1.29 is 9.18 Å². The molecule has 0 aliphatic heterocycles. The quantitative estimate of drug-likeness (QED) is 0.599. The van der Waals surface area contributed by atoms with Gasteiger partial charge in [-0.15, -0.1) is 11.8 Å². The van der Waals surface area contributed by atoms with E-state index in [-0.39, 0.29) is 11.6 Å². The van der Waals surface area contributed by atoms with Gasteiger partial charge in [-0.05, 0) is 48.6 Å². The van der Waals surface area contributed by atoms with Crippen molar-refractivity contribution in [3.8, 4) is 0 Å². The third-order valence-electron chi connectivity index (χ3n) is 2.78. The number of rotatable bonds is 6. The average Bonchev–Trinajstić information content (AvgIpc) is 2.48. The summed E-state index contributed by atoms with van der Waals surface area (Å²) in [7, 11) is 0. The number of benzene rings is 2. The lowest BCUT2D eigenvalue weighted by Crippen LogP contribution is -2.12. The summed E-state index contributed by atoms with van der Waals surface area (Å²) in [4.78, 5) is 12.8. The molecule has 0 bridgehead atoms. The van der Waals surface area contributed by atoms with Crippen LogP contribution in [0.1, 0.15) is 12.8 Å². The zero-order valence-electron chi connectivity index (χ0n) is 11.3. The van der Waals surface area contributed by atoms with Crippen LogP contribution in [0.2, 0.25) is 5.02 Å². The fourth-order valence-electron chi connectivity index (χ4n) is 1.73. The van der Waals surface area contributed by atoms with Crippen LogP contribution in [0.25, 0.3) is 0 Å². The molecule has 21 heavy (non-hydrogen) atoms. The zero-order valence-corrected chi connectivity index (χ0v) is 12.9. The minimum absolute atomic E-state index is 0.170. The molecule has 2 rings (SSSR count). The summed E-state index contributed by atoms with van der Waals surface area (Å²) in [6.07, 6.45) is 1.10. The first kappa shape index (κ1) is 15.9. The Balaban J connectivity index is 1.70. The topological polar surface area (TPSA) is 29.1 Å². The van der Waals surface area contributed by atoms with Crippen LogP contribution >= 0.6 is 23.4 Å². The lowest BCUT2D eigenvalue weighted by atomic mass is 10.2. The van der Waals surface area contributed by atoms with E-state index in [1.54, 1.807) is 30.0 Å². The van der Waals surface area contributed by atoms with E-state index >= 15 is 0 Å². The van der Waals surface area contributed by atoms with Crippen molar-refractivity contribution in [2.45, 2.75) is 17.7 Å². The number of hydrogen-bond acceptors (Lipinski definition) is 2. The smallest absolute Gasteiger partial charge is 0.224 e. The van der Waals surface area contributed by atoms with Crippen LogP contribution in [0.5, 0.6) is 0 Å². The van der Waals surface area contributed by atoms with Crippen LogP contribution in [-0.4, -0.2) is 11.7 Å². The fraction of sp³-hybridized carbons (Fsp3) is 0.188. The van der Waals surface area contributed by atoms with E-state index in [2.05, 4.69) is 5.32 Å². The third kappa shape index (κ3) is 5.40. The molecule has 0 spiro atoms. The summed E-state index contributed by atoms with van der Waals surface area (Å²) in [6.45, 7) is 0. The Morgan fingerprint density at radius 2 is 1.86 bits per heavy atom. The molecule has 0 aromatic heterocycles. The van der Waals surface area contributed by atoms with Gasteiger partial charge in [-0.1, -0.05) is 23.7 Å². The van der Waals surface area contributed by atoms with E-state index in [4.69, 9.17) is 11.6 Å². The summed E-state index contributed by atoms with van der Waals surface area (Å²) in [5.74, 6) is 0.241. The lowest BCUT2D eigenvalue weighted by molar-refractivity contribution is -0.116. The molecular formula is C16H15ClFNOS. The van der Waals surface area contributed by atoms with Crippen molar-refractivity contribution >= 4 is 35.0 Å². The van der Waals surface area contributed by atoms with Crippen molar-refractivity contribution in [3.05, 3.63) is 59.4 Å². The first-order valence-electron chi connectivity index (χ1n) is 6.58. The van der Waals surface area contributed by atoms with E-state index in [9.17, 15) is 9.18 Å². The van der Waals surface area contributed by atoms with Crippen molar-refractivity contribution in [2.24, 2.45) is 0 Å². The second-order valence-corrected chi connectivity index (χ2v) is 6.04. The molecule has 2 aromatic carbocycles. The number of para-hydroxylation sites is 1. The summed E-state index contributed by atoms with van der Waals surface area (Å²) in [5.41, 5.74) is 0.229. The van der Waals surface area contributed by atoms with Crippen LogP contribution < -0.4 is 5.32 Å². The number of amides is 1. The Hall–Kier alpha value is -1.52. The van der Waals surface area contributed by atoms with Gasteiger partial charge in [0.25, 0.3) is 0 Å². The molecule has 0 heterocycles. The van der Waals surface area contributed by atoms with Gasteiger partial charge in [0.15, 0.2) is 0 Å². The average molecular weight is 324 g/mol. The molecule has 0 fully saturated rings. The van der Waals surface area contributed by atoms with Crippen molar-refractivity contribution in [3.63, 3.8) is 0 Å². The highest BCUT2D eigenvalue weighted by atomic mass is 35.5. The molecule has 0 saturated carbocycles. The van der Waals surface area contributed by atoms with Crippen LogP contribution in [0, 0.1) is 5.82 Å². The van der Waals surface area contributed by atoms with Gasteiger partial charge in [-0.2, -0.15) is 0 Å². The SMILES string of the molecule is O=C(CCCSc1ccc(Cl)cc1)Nc1ccccc1F. The van der Waals surface area contributed by atoms with Crippen molar-refractivity contribution in [2.75, 3.05) is 11.1 Å². The summed E-state index contributed by atoms with van der Waals surface area (Å²) < 4.78 is 13.4. The molecule has 0 saturated heterocycles. The van der Waals surface area contributed by atoms with E-state index in [0.717, 1.165) is 17.1 Å². The van der Waals surface area contributed by atoms with E-state index in [0.29, 0.717) is 11.4 Å². The highest BCUT2D eigenvalue weighted by molar-refractivity contribution is 7.99. The molecule has 1 N–H and O–H groups in total. The molecule has 0 atom stereocenters. The second kappa shape index (κ2) is 8.05. The maximum atomic E-state index is 13.4. The minimum atomic E-state index is -0.415. The van der Waals surface area contributed by atoms with Gasteiger partial charge in [0, 0.05) is 16.3 Å². The summed E-state index contributed by atoms with van der Waals surface area (Å²) in [5, 5.41) is 3.29. The first-order chi connectivity index (χ1) is 10.1. The first-order valence-corrected chi connectivity index (χ1v) is 7.94. The molecule has 5 heteroatoms. The van der Waals surface area contributed by atoms with E-state index in [1.807, 2.05) is 24.3 Å². The summed E-state index contributed by atoms with van der Waals surface area (Å²) in [6, 6.07) is 13.7. The standard InChI is InChI=1S/C16H15ClFNOS/c17-12-7-9-13(10-8-12)21-11-3-6-16(20)19-15-5-2-1-4-14(15)18/h1-2,4-5,7-10H,3,6,11H2,(H,19,20). The van der Waals surface area contributed by atoms with Crippen molar-refractivity contribution in [1.82, 2.24) is 0 Å². The Morgan fingerprint density at radius 3 is 2.57 bits per heavy atom. The molecule has 0 radical (unpaired) electrons. The largest absolute Gasteiger partial charge is 0.324 e. The van der Waals surface area contributed by atoms with Gasteiger partial charge in [-0.3, -0.25) is 4.79 Å². The van der Waals surface area contributed by atoms with Gasteiger partial charge >= 0.3 is 0 Å². The number of hydrogen-bond donors (Lipinski definition) is 1. The van der Waals surface area contributed by atoms with Gasteiger partial charge in [0.05, 0.1) is 5.69 Å². The number of carbonyl (C=O) groups excluding carboxylic acids is 1. The predicted octanol–water partition coefficient (Wildman–Crippen LogP) is 4.99. The second-order valence-electron chi connectivity index (χ2n) is 4.43. The van der Waals surface area contributed by atoms with Crippen LogP contribution in [-0.2, 0) is 4.79 Å². The normalized spacial score (nSPS) is 10.4. The number of nitrogens with one attached hydrogen (secondary N) is 1. The maximum Gasteiger partial charge on any atom is 0.224 e. The monoisotopic (exact) mass is 323 g/mol. The van der Waals surface area contributed by atoms with Gasteiger partial charge < -0.3 is 5.32 Å². The van der Waals surface area contributed by atoms with Crippen LogP contribution in [0.15, 0.2) is 53.4 Å².